The van der Waals surface area contributed by atoms with Crippen LogP contribution in [0.15, 0.2) is 52.2 Å². The molecule has 0 atom stereocenters. The third-order valence-corrected chi connectivity index (χ3v) is 5.92. The Morgan fingerprint density at radius 2 is 2.04 bits per heavy atom. The van der Waals surface area contributed by atoms with Crippen LogP contribution >= 0.6 is 11.3 Å². The molecule has 0 unspecified atom stereocenters. The van der Waals surface area contributed by atoms with Crippen LogP contribution in [0, 0.1) is 0 Å². The largest absolute Gasteiger partial charge is 0.497 e. The van der Waals surface area contributed by atoms with Gasteiger partial charge < -0.3 is 9.47 Å². The van der Waals surface area contributed by atoms with Gasteiger partial charge >= 0.3 is 0 Å². The van der Waals surface area contributed by atoms with Crippen LogP contribution < -0.4 is 14.2 Å². The smallest absolute Gasteiger partial charge is 0.244 e. The zero-order valence-corrected chi connectivity index (χ0v) is 16.0. The minimum absolute atomic E-state index is 0.0405. The first-order valence-electron chi connectivity index (χ1n) is 7.81. The van der Waals surface area contributed by atoms with Crippen LogP contribution in [0.25, 0.3) is 11.3 Å². The Morgan fingerprint density at radius 3 is 2.73 bits per heavy atom. The van der Waals surface area contributed by atoms with Gasteiger partial charge in [0.25, 0.3) is 0 Å². The molecule has 0 saturated carbocycles. The molecule has 9 heteroatoms. The fourth-order valence-corrected chi connectivity index (χ4v) is 4.27. The van der Waals surface area contributed by atoms with Gasteiger partial charge in [-0.1, -0.05) is 0 Å². The summed E-state index contributed by atoms with van der Waals surface area (Å²) < 4.78 is 39.7. The molecule has 2 aromatic heterocycles. The first-order chi connectivity index (χ1) is 12.5. The van der Waals surface area contributed by atoms with Gasteiger partial charge in [0.05, 0.1) is 26.5 Å². The number of ether oxygens (including phenoxy) is 2. The number of sulfonamides is 1. The van der Waals surface area contributed by atoms with Crippen molar-refractivity contribution in [3.05, 3.63) is 47.3 Å². The lowest BCUT2D eigenvalue weighted by Gasteiger charge is -2.12. The van der Waals surface area contributed by atoms with Crippen LogP contribution in [0.5, 0.6) is 11.5 Å². The highest BCUT2D eigenvalue weighted by Crippen LogP contribution is 2.28. The van der Waals surface area contributed by atoms with Crippen LogP contribution in [-0.2, 0) is 16.6 Å². The summed E-state index contributed by atoms with van der Waals surface area (Å²) in [6.45, 7) is 0.614. The van der Waals surface area contributed by atoms with Gasteiger partial charge in [-0.25, -0.2) is 13.1 Å². The Hall–Kier alpha value is -2.36. The summed E-state index contributed by atoms with van der Waals surface area (Å²) in [7, 11) is -0.829. The number of nitrogens with one attached hydrogen (secondary N) is 1. The average Bonchev–Trinajstić information content (AvgIpc) is 3.32. The molecule has 0 aliphatic carbocycles. The van der Waals surface area contributed by atoms with E-state index < -0.39 is 10.0 Å². The van der Waals surface area contributed by atoms with Crippen LogP contribution in [0.2, 0.25) is 0 Å². The molecule has 0 fully saturated rings. The number of rotatable bonds is 8. The Kier molecular flexibility index (Phi) is 5.60. The molecule has 0 aliphatic heterocycles. The fourth-order valence-electron chi connectivity index (χ4n) is 2.42. The van der Waals surface area contributed by atoms with Crippen LogP contribution in [-0.4, -0.2) is 39.0 Å². The summed E-state index contributed by atoms with van der Waals surface area (Å²) in [5.74, 6) is 0.704. The molecule has 3 rings (SSSR count). The topological polar surface area (TPSA) is 82.5 Å². The molecule has 0 radical (unpaired) electrons. The van der Waals surface area contributed by atoms with Gasteiger partial charge in [0, 0.05) is 29.8 Å². The number of nitrogens with zero attached hydrogens (tertiary/aromatic N) is 2. The Labute approximate surface area is 156 Å². The maximum Gasteiger partial charge on any atom is 0.244 e. The normalized spacial score (nSPS) is 11.5. The maximum absolute atomic E-state index is 12.6. The van der Waals surface area contributed by atoms with Gasteiger partial charge in [-0.2, -0.15) is 16.4 Å². The Balaban J connectivity index is 1.67. The molecular weight excluding hydrogens is 374 g/mol. The molecule has 1 aromatic carbocycles. The molecule has 0 bridgehead atoms. The summed E-state index contributed by atoms with van der Waals surface area (Å²) in [5.41, 5.74) is 1.92. The van der Waals surface area contributed by atoms with Gasteiger partial charge in [-0.3, -0.25) is 4.68 Å². The van der Waals surface area contributed by atoms with Crippen molar-refractivity contribution in [2.45, 2.75) is 11.4 Å². The van der Waals surface area contributed by atoms with Crippen molar-refractivity contribution >= 4 is 21.4 Å². The predicted octanol–water partition coefficient (Wildman–Crippen LogP) is 2.61. The Bertz CT molecular complexity index is 966. The van der Waals surface area contributed by atoms with E-state index in [1.165, 1.54) is 20.3 Å². The van der Waals surface area contributed by atoms with Crippen molar-refractivity contribution in [2.24, 2.45) is 0 Å². The Morgan fingerprint density at radius 1 is 1.19 bits per heavy atom. The van der Waals surface area contributed by atoms with Crippen molar-refractivity contribution in [1.82, 2.24) is 14.5 Å². The fraction of sp³-hybridized carbons (Fsp3) is 0.235. The minimum atomic E-state index is -3.74. The highest BCUT2D eigenvalue weighted by atomic mass is 32.2. The second-order valence-corrected chi connectivity index (χ2v) is 7.91. The first kappa shape index (κ1) is 18.4. The van der Waals surface area contributed by atoms with Crippen LogP contribution in [0.3, 0.4) is 0 Å². The number of aromatic nitrogens is 2. The van der Waals surface area contributed by atoms with Gasteiger partial charge in [0.2, 0.25) is 10.0 Å². The van der Waals surface area contributed by atoms with Gasteiger partial charge in [-0.15, -0.1) is 0 Å². The molecule has 2 heterocycles. The molecule has 0 spiro atoms. The van der Waals surface area contributed by atoms with E-state index in [0.29, 0.717) is 12.3 Å². The van der Waals surface area contributed by atoms with Crippen molar-refractivity contribution in [1.29, 1.82) is 0 Å². The summed E-state index contributed by atoms with van der Waals surface area (Å²) in [6.07, 6.45) is 1.83. The average molecular weight is 393 g/mol. The lowest BCUT2D eigenvalue weighted by Crippen LogP contribution is -2.28. The van der Waals surface area contributed by atoms with E-state index in [1.54, 1.807) is 28.2 Å². The molecule has 7 nitrogen and oxygen atoms in total. The number of thiophene rings is 1. The maximum atomic E-state index is 12.6. The van der Waals surface area contributed by atoms with E-state index in [1.807, 2.05) is 29.1 Å². The monoisotopic (exact) mass is 393 g/mol. The summed E-state index contributed by atoms with van der Waals surface area (Å²) in [6, 6.07) is 8.54. The van der Waals surface area contributed by atoms with Gasteiger partial charge in [0.15, 0.2) is 0 Å². The van der Waals surface area contributed by atoms with Crippen LogP contribution in [0.4, 0.5) is 0 Å². The summed E-state index contributed by atoms with van der Waals surface area (Å²) in [4.78, 5) is 0.0405. The third-order valence-electron chi connectivity index (χ3n) is 3.75. The standard InChI is InChI=1S/C17H19N3O4S2/c1-23-14-3-4-16(24-2)17(11-14)26(21,22)18-7-9-20-8-5-15(19-20)13-6-10-25-12-13/h3-6,8,10-12,18H,7,9H2,1-2H3. The molecule has 0 aliphatic rings. The van der Waals surface area contributed by atoms with Crippen molar-refractivity contribution in [3.63, 3.8) is 0 Å². The number of benzene rings is 1. The lowest BCUT2D eigenvalue weighted by molar-refractivity contribution is 0.392. The zero-order valence-electron chi connectivity index (χ0n) is 14.4. The van der Waals surface area contributed by atoms with E-state index in [4.69, 9.17) is 9.47 Å². The molecule has 1 N–H and O–H groups in total. The zero-order chi connectivity index (χ0) is 18.6. The van der Waals surface area contributed by atoms with E-state index in [0.717, 1.165) is 11.3 Å². The van der Waals surface area contributed by atoms with Crippen molar-refractivity contribution in [3.8, 4) is 22.8 Å². The van der Waals surface area contributed by atoms with E-state index >= 15 is 0 Å². The van der Waals surface area contributed by atoms with Crippen molar-refractivity contribution < 1.29 is 17.9 Å². The van der Waals surface area contributed by atoms with E-state index in [-0.39, 0.29) is 17.2 Å². The molecule has 0 saturated heterocycles. The highest BCUT2D eigenvalue weighted by Gasteiger charge is 2.20. The predicted molar refractivity (Wildman–Crippen MR) is 100 cm³/mol. The van der Waals surface area contributed by atoms with Crippen molar-refractivity contribution in [2.75, 3.05) is 20.8 Å². The highest BCUT2D eigenvalue weighted by molar-refractivity contribution is 7.89. The van der Waals surface area contributed by atoms with Gasteiger partial charge in [0.1, 0.15) is 16.4 Å². The first-order valence-corrected chi connectivity index (χ1v) is 10.2. The third kappa shape index (κ3) is 4.06. The van der Waals surface area contributed by atoms with E-state index in [2.05, 4.69) is 9.82 Å². The van der Waals surface area contributed by atoms with E-state index in [9.17, 15) is 8.42 Å². The molecule has 3 aromatic rings. The summed E-state index contributed by atoms with van der Waals surface area (Å²) in [5, 5.41) is 8.46. The number of hydrogen-bond acceptors (Lipinski definition) is 6. The molecule has 138 valence electrons. The second kappa shape index (κ2) is 7.90. The quantitative estimate of drug-likeness (QED) is 0.636. The summed E-state index contributed by atoms with van der Waals surface area (Å²) >= 11 is 1.61. The number of methoxy groups -OCH3 is 2. The van der Waals surface area contributed by atoms with Crippen LogP contribution in [0.1, 0.15) is 0 Å². The van der Waals surface area contributed by atoms with Gasteiger partial charge in [-0.05, 0) is 29.6 Å². The minimum Gasteiger partial charge on any atom is -0.497 e. The number of hydrogen-bond donors (Lipinski definition) is 1. The second-order valence-electron chi connectivity index (χ2n) is 5.39. The SMILES string of the molecule is COc1ccc(OC)c(S(=O)(=O)NCCn2ccc(-c3ccsc3)n2)c1. The molecular formula is C17H19N3O4S2. The lowest BCUT2D eigenvalue weighted by atomic mass is 10.2. The molecule has 0 amide bonds. The molecule has 26 heavy (non-hydrogen) atoms.